The second-order valence-electron chi connectivity index (χ2n) is 4.42. The minimum atomic E-state index is -0.109. The van der Waals surface area contributed by atoms with Crippen molar-refractivity contribution in [1.29, 1.82) is 0 Å². The highest BCUT2D eigenvalue weighted by molar-refractivity contribution is 5.79. The highest BCUT2D eigenvalue weighted by Crippen LogP contribution is 2.08. The Morgan fingerprint density at radius 2 is 1.79 bits per heavy atom. The molecule has 0 rings (SSSR count). The van der Waals surface area contributed by atoms with Crippen LogP contribution in [0.4, 0.5) is 0 Å². The molecule has 0 aromatic heterocycles. The maximum atomic E-state index is 11.7. The van der Waals surface area contributed by atoms with Gasteiger partial charge in [-0.2, -0.15) is 0 Å². The third kappa shape index (κ3) is 4.09. The molecule has 0 aliphatic carbocycles. The van der Waals surface area contributed by atoms with E-state index in [1.807, 2.05) is 13.8 Å². The van der Waals surface area contributed by atoms with Crippen molar-refractivity contribution in [3.8, 4) is 0 Å². The van der Waals surface area contributed by atoms with Crippen molar-refractivity contribution < 1.29 is 4.79 Å². The normalized spacial score (nSPS) is 17.6. The molecular weight excluding hydrogens is 176 g/mol. The fraction of sp³-hybridized carbons (Fsp3) is 0.909. The van der Waals surface area contributed by atoms with Crippen molar-refractivity contribution in [1.82, 2.24) is 5.32 Å². The van der Waals surface area contributed by atoms with Crippen LogP contribution in [0.15, 0.2) is 0 Å². The molecule has 0 aliphatic rings. The van der Waals surface area contributed by atoms with Gasteiger partial charge in [0, 0.05) is 18.0 Å². The summed E-state index contributed by atoms with van der Waals surface area (Å²) in [5, 5.41) is 3.03. The van der Waals surface area contributed by atoms with E-state index >= 15 is 0 Å². The number of hydrogen-bond acceptors (Lipinski definition) is 2. The van der Waals surface area contributed by atoms with Crippen LogP contribution in [0.1, 0.15) is 41.0 Å². The average Bonchev–Trinajstić information content (AvgIpc) is 2.11. The minimum absolute atomic E-state index is 0.0700. The number of nitrogens with one attached hydrogen (secondary N) is 1. The quantitative estimate of drug-likeness (QED) is 0.707. The Morgan fingerprint density at radius 1 is 1.29 bits per heavy atom. The van der Waals surface area contributed by atoms with Gasteiger partial charge in [0.25, 0.3) is 0 Å². The molecule has 0 aromatic carbocycles. The van der Waals surface area contributed by atoms with Gasteiger partial charge in [-0.1, -0.05) is 27.7 Å². The number of hydrogen-bond donors (Lipinski definition) is 2. The van der Waals surface area contributed by atoms with E-state index in [4.69, 9.17) is 5.73 Å². The maximum Gasteiger partial charge on any atom is 0.224 e. The summed E-state index contributed by atoms with van der Waals surface area (Å²) in [6.45, 7) is 10.0. The lowest BCUT2D eigenvalue weighted by molar-refractivity contribution is -0.126. The molecule has 1 amide bonds. The summed E-state index contributed by atoms with van der Waals surface area (Å²) in [5.74, 6) is 0.438. The third-order valence-electron chi connectivity index (χ3n) is 2.77. The summed E-state index contributed by atoms with van der Waals surface area (Å²) < 4.78 is 0. The maximum absolute atomic E-state index is 11.7. The zero-order chi connectivity index (χ0) is 11.3. The lowest BCUT2D eigenvalue weighted by Gasteiger charge is -2.24. The molecule has 0 aliphatic heterocycles. The van der Waals surface area contributed by atoms with Crippen molar-refractivity contribution in [2.75, 3.05) is 0 Å². The zero-order valence-electron chi connectivity index (χ0n) is 10.0. The molecular formula is C11H24N2O. The second kappa shape index (κ2) is 6.02. The van der Waals surface area contributed by atoms with Crippen molar-refractivity contribution in [3.63, 3.8) is 0 Å². The van der Waals surface area contributed by atoms with E-state index in [0.717, 1.165) is 6.42 Å². The molecule has 3 N–H and O–H groups in total. The van der Waals surface area contributed by atoms with Crippen LogP contribution in [0.3, 0.4) is 0 Å². The largest absolute Gasteiger partial charge is 0.353 e. The first-order valence-electron chi connectivity index (χ1n) is 5.46. The van der Waals surface area contributed by atoms with Crippen LogP contribution in [0, 0.1) is 11.8 Å². The number of carbonyl (C=O) groups is 1. The van der Waals surface area contributed by atoms with E-state index in [9.17, 15) is 4.79 Å². The van der Waals surface area contributed by atoms with Gasteiger partial charge in [-0.3, -0.25) is 4.79 Å². The predicted molar refractivity (Wildman–Crippen MR) is 59.9 cm³/mol. The SMILES string of the molecule is CCC(NC(=O)C(C)C(C)N)C(C)C. The van der Waals surface area contributed by atoms with Crippen LogP contribution in [0.5, 0.6) is 0 Å². The molecule has 0 heterocycles. The molecule has 0 radical (unpaired) electrons. The summed E-state index contributed by atoms with van der Waals surface area (Å²) in [7, 11) is 0. The molecule has 0 bridgehead atoms. The lowest BCUT2D eigenvalue weighted by atomic mass is 9.98. The fourth-order valence-corrected chi connectivity index (χ4v) is 1.29. The van der Waals surface area contributed by atoms with E-state index in [1.165, 1.54) is 0 Å². The van der Waals surface area contributed by atoms with Crippen molar-refractivity contribution in [2.45, 2.75) is 53.1 Å². The van der Waals surface area contributed by atoms with Crippen molar-refractivity contribution in [3.05, 3.63) is 0 Å². The van der Waals surface area contributed by atoms with Crippen LogP contribution < -0.4 is 11.1 Å². The first-order valence-corrected chi connectivity index (χ1v) is 5.46. The number of nitrogens with two attached hydrogens (primary N) is 1. The average molecular weight is 200 g/mol. The fourth-order valence-electron chi connectivity index (χ4n) is 1.29. The molecule has 0 saturated carbocycles. The van der Waals surface area contributed by atoms with Crippen LogP contribution >= 0.6 is 0 Å². The van der Waals surface area contributed by atoms with Gasteiger partial charge < -0.3 is 11.1 Å². The van der Waals surface area contributed by atoms with Crippen LogP contribution in [-0.4, -0.2) is 18.0 Å². The Morgan fingerprint density at radius 3 is 2.07 bits per heavy atom. The molecule has 84 valence electrons. The standard InChI is InChI=1S/C11H24N2O/c1-6-10(7(2)3)13-11(14)8(4)9(5)12/h7-10H,6,12H2,1-5H3,(H,13,14). The monoisotopic (exact) mass is 200 g/mol. The minimum Gasteiger partial charge on any atom is -0.353 e. The highest BCUT2D eigenvalue weighted by Gasteiger charge is 2.20. The molecule has 3 unspecified atom stereocenters. The summed E-state index contributed by atoms with van der Waals surface area (Å²) >= 11 is 0. The summed E-state index contributed by atoms with van der Waals surface area (Å²) in [6.07, 6.45) is 0.967. The van der Waals surface area contributed by atoms with E-state index in [1.54, 1.807) is 0 Å². The highest BCUT2D eigenvalue weighted by atomic mass is 16.1. The topological polar surface area (TPSA) is 55.1 Å². The van der Waals surface area contributed by atoms with Crippen molar-refractivity contribution >= 4 is 5.91 Å². The molecule has 3 nitrogen and oxygen atoms in total. The summed E-state index contributed by atoms with van der Waals surface area (Å²) in [6, 6.07) is 0.184. The van der Waals surface area contributed by atoms with E-state index < -0.39 is 0 Å². The number of rotatable bonds is 5. The Hall–Kier alpha value is -0.570. The summed E-state index contributed by atoms with van der Waals surface area (Å²) in [5.41, 5.74) is 5.67. The van der Waals surface area contributed by atoms with Gasteiger partial charge in [0.15, 0.2) is 0 Å². The zero-order valence-corrected chi connectivity index (χ0v) is 10.0. The van der Waals surface area contributed by atoms with E-state index in [0.29, 0.717) is 5.92 Å². The molecule has 3 heteroatoms. The molecule has 3 atom stereocenters. The van der Waals surface area contributed by atoms with Crippen LogP contribution in [0.2, 0.25) is 0 Å². The third-order valence-corrected chi connectivity index (χ3v) is 2.77. The van der Waals surface area contributed by atoms with Gasteiger partial charge in [0.2, 0.25) is 5.91 Å². The number of amides is 1. The Balaban J connectivity index is 4.15. The molecule has 0 saturated heterocycles. The summed E-state index contributed by atoms with van der Waals surface area (Å²) in [4.78, 5) is 11.7. The number of carbonyl (C=O) groups excluding carboxylic acids is 1. The second-order valence-corrected chi connectivity index (χ2v) is 4.42. The van der Waals surface area contributed by atoms with Crippen LogP contribution in [-0.2, 0) is 4.79 Å². The van der Waals surface area contributed by atoms with Gasteiger partial charge in [-0.05, 0) is 19.3 Å². The Kier molecular flexibility index (Phi) is 5.77. The van der Waals surface area contributed by atoms with Gasteiger partial charge in [0.1, 0.15) is 0 Å². The molecule has 0 aromatic rings. The van der Waals surface area contributed by atoms with E-state index in [-0.39, 0.29) is 23.9 Å². The Labute approximate surface area is 87.4 Å². The molecule has 0 fully saturated rings. The Bertz CT molecular complexity index is 178. The molecule has 14 heavy (non-hydrogen) atoms. The van der Waals surface area contributed by atoms with Gasteiger partial charge in [0.05, 0.1) is 0 Å². The first kappa shape index (κ1) is 13.4. The molecule has 0 spiro atoms. The first-order chi connectivity index (χ1) is 6.40. The van der Waals surface area contributed by atoms with Crippen LogP contribution in [0.25, 0.3) is 0 Å². The predicted octanol–water partition coefficient (Wildman–Crippen LogP) is 1.52. The van der Waals surface area contributed by atoms with Gasteiger partial charge in [-0.15, -0.1) is 0 Å². The lowest BCUT2D eigenvalue weighted by Crippen LogP contribution is -2.45. The van der Waals surface area contributed by atoms with Gasteiger partial charge >= 0.3 is 0 Å². The smallest absolute Gasteiger partial charge is 0.224 e. The van der Waals surface area contributed by atoms with Crippen molar-refractivity contribution in [2.24, 2.45) is 17.6 Å². The van der Waals surface area contributed by atoms with E-state index in [2.05, 4.69) is 26.1 Å². The van der Waals surface area contributed by atoms with Gasteiger partial charge in [-0.25, -0.2) is 0 Å².